The average molecular weight is 475 g/mol. The van der Waals surface area contributed by atoms with E-state index in [4.69, 9.17) is 0 Å². The third-order valence-electron chi connectivity index (χ3n) is 4.34. The summed E-state index contributed by atoms with van der Waals surface area (Å²) in [4.78, 5) is 8.91. The van der Waals surface area contributed by atoms with Gasteiger partial charge in [0, 0.05) is 32.2 Å². The van der Waals surface area contributed by atoms with Gasteiger partial charge in [0.2, 0.25) is 0 Å². The van der Waals surface area contributed by atoms with Crippen LogP contribution >= 0.6 is 24.0 Å². The highest BCUT2D eigenvalue weighted by Crippen LogP contribution is 2.11. The summed E-state index contributed by atoms with van der Waals surface area (Å²) in [6, 6.07) is 0.314. The van der Waals surface area contributed by atoms with Crippen molar-refractivity contribution in [2.75, 3.05) is 52.4 Å². The molecule has 5 nitrogen and oxygen atoms in total. The number of piperidine rings is 1. The molecule has 0 aromatic rings. The average Bonchev–Trinajstić information content (AvgIpc) is 2.55. The second kappa shape index (κ2) is 14.9. The number of nitrogens with one attached hydrogen (secondary N) is 2. The lowest BCUT2D eigenvalue weighted by Gasteiger charge is -2.32. The maximum atomic E-state index is 12.4. The second-order valence-electron chi connectivity index (χ2n) is 6.31. The van der Waals surface area contributed by atoms with Gasteiger partial charge in [0.05, 0.1) is 13.1 Å². The highest BCUT2D eigenvalue weighted by atomic mass is 127. The van der Waals surface area contributed by atoms with E-state index in [2.05, 4.69) is 41.3 Å². The molecule has 0 aliphatic carbocycles. The van der Waals surface area contributed by atoms with Crippen molar-refractivity contribution in [1.82, 2.24) is 20.4 Å². The topological polar surface area (TPSA) is 42.9 Å². The van der Waals surface area contributed by atoms with Crippen LogP contribution in [-0.4, -0.2) is 80.6 Å². The monoisotopic (exact) mass is 475 g/mol. The lowest BCUT2D eigenvalue weighted by molar-refractivity contribution is 0.0744. The van der Waals surface area contributed by atoms with Crippen molar-refractivity contribution in [1.29, 1.82) is 0 Å². The Balaban J connectivity index is 0.00000576. The van der Waals surface area contributed by atoms with Crippen molar-refractivity contribution < 1.29 is 8.78 Å². The number of likely N-dealkylation sites (tertiary alicyclic amines) is 1. The van der Waals surface area contributed by atoms with Gasteiger partial charge >= 0.3 is 0 Å². The summed E-state index contributed by atoms with van der Waals surface area (Å²) in [7, 11) is 0. The molecule has 0 aromatic carbocycles. The zero-order valence-corrected chi connectivity index (χ0v) is 18.3. The molecule has 0 amide bonds. The van der Waals surface area contributed by atoms with Gasteiger partial charge in [-0.1, -0.05) is 13.8 Å². The molecule has 0 radical (unpaired) electrons. The number of guanidine groups is 1. The van der Waals surface area contributed by atoms with Crippen LogP contribution in [-0.2, 0) is 0 Å². The molecule has 2 N–H and O–H groups in total. The first kappa shape index (κ1) is 24.8. The molecule has 1 saturated heterocycles. The molecule has 1 rings (SSSR count). The number of hydrogen-bond acceptors (Lipinski definition) is 3. The van der Waals surface area contributed by atoms with Crippen molar-refractivity contribution >= 4 is 29.9 Å². The summed E-state index contributed by atoms with van der Waals surface area (Å²) in [5.74, 6) is 0.845. The Hall–Kier alpha value is -0.220. The molecule has 1 fully saturated rings. The molecule has 1 aliphatic heterocycles. The third-order valence-corrected chi connectivity index (χ3v) is 4.34. The van der Waals surface area contributed by atoms with E-state index >= 15 is 0 Å². The molecule has 0 saturated carbocycles. The minimum Gasteiger partial charge on any atom is -0.357 e. The Bertz CT molecular complexity index is 350. The molecule has 1 aliphatic rings. The zero-order chi connectivity index (χ0) is 17.8. The number of halogens is 3. The Morgan fingerprint density at radius 1 is 1.20 bits per heavy atom. The van der Waals surface area contributed by atoms with Gasteiger partial charge in [-0.15, -0.1) is 24.0 Å². The summed E-state index contributed by atoms with van der Waals surface area (Å²) in [6.07, 6.45) is 0.688. The van der Waals surface area contributed by atoms with Crippen molar-refractivity contribution in [2.24, 2.45) is 4.99 Å². The minimum absolute atomic E-state index is 0. The fourth-order valence-electron chi connectivity index (χ4n) is 3.02. The Morgan fingerprint density at radius 3 is 2.40 bits per heavy atom. The minimum atomic E-state index is -2.24. The summed E-state index contributed by atoms with van der Waals surface area (Å²) in [5, 5.41) is 6.74. The molecule has 8 heteroatoms. The number of alkyl halides is 2. The lowest BCUT2D eigenvalue weighted by atomic mass is 10.1. The van der Waals surface area contributed by atoms with Gasteiger partial charge in [-0.05, 0) is 39.3 Å². The van der Waals surface area contributed by atoms with E-state index < -0.39 is 6.43 Å². The van der Waals surface area contributed by atoms with Crippen LogP contribution in [0.1, 0.15) is 40.0 Å². The largest absolute Gasteiger partial charge is 0.357 e. The van der Waals surface area contributed by atoms with Crippen molar-refractivity contribution in [3.8, 4) is 0 Å². The molecule has 0 bridgehead atoms. The SMILES string of the molecule is CCCN(CC)CCN=C(NCC)NC1CCN(CC(F)F)CC1.I. The molecule has 0 unspecified atom stereocenters. The van der Waals surface area contributed by atoms with Gasteiger partial charge in [0.15, 0.2) is 5.96 Å². The van der Waals surface area contributed by atoms with Crippen LogP contribution in [0.4, 0.5) is 8.78 Å². The molecular formula is C17H36F2IN5. The molecular weight excluding hydrogens is 439 g/mol. The highest BCUT2D eigenvalue weighted by Gasteiger charge is 2.21. The van der Waals surface area contributed by atoms with Crippen LogP contribution in [0.2, 0.25) is 0 Å². The van der Waals surface area contributed by atoms with E-state index in [0.717, 1.165) is 71.0 Å². The van der Waals surface area contributed by atoms with Gasteiger partial charge in [0.1, 0.15) is 0 Å². The Morgan fingerprint density at radius 2 is 1.88 bits per heavy atom. The first-order valence-electron chi connectivity index (χ1n) is 9.36. The third kappa shape index (κ3) is 11.2. The molecule has 0 atom stereocenters. The van der Waals surface area contributed by atoms with E-state index in [9.17, 15) is 8.78 Å². The summed E-state index contributed by atoms with van der Waals surface area (Å²) < 4.78 is 24.9. The number of aliphatic imine (C=N–C) groups is 1. The van der Waals surface area contributed by atoms with Crippen LogP contribution in [0.15, 0.2) is 4.99 Å². The van der Waals surface area contributed by atoms with E-state index in [-0.39, 0.29) is 30.5 Å². The van der Waals surface area contributed by atoms with Crippen molar-refractivity contribution in [3.05, 3.63) is 0 Å². The summed E-state index contributed by atoms with van der Waals surface area (Å²) in [6.45, 7) is 12.5. The smallest absolute Gasteiger partial charge is 0.251 e. The lowest BCUT2D eigenvalue weighted by Crippen LogP contribution is -2.49. The van der Waals surface area contributed by atoms with Gasteiger partial charge < -0.3 is 15.5 Å². The summed E-state index contributed by atoms with van der Waals surface area (Å²) in [5.41, 5.74) is 0. The number of likely N-dealkylation sites (N-methyl/N-ethyl adjacent to an activating group) is 1. The van der Waals surface area contributed by atoms with Crippen LogP contribution in [0, 0.1) is 0 Å². The van der Waals surface area contributed by atoms with E-state index in [1.807, 2.05) is 4.90 Å². The fraction of sp³-hybridized carbons (Fsp3) is 0.941. The van der Waals surface area contributed by atoms with Crippen molar-refractivity contribution in [3.63, 3.8) is 0 Å². The Labute approximate surface area is 169 Å². The summed E-state index contributed by atoms with van der Waals surface area (Å²) >= 11 is 0. The second-order valence-corrected chi connectivity index (χ2v) is 6.31. The highest BCUT2D eigenvalue weighted by molar-refractivity contribution is 14.0. The van der Waals surface area contributed by atoms with Crippen LogP contribution < -0.4 is 10.6 Å². The normalized spacial score (nSPS) is 17.0. The van der Waals surface area contributed by atoms with E-state index in [1.165, 1.54) is 0 Å². The predicted octanol–water partition coefficient (Wildman–Crippen LogP) is 2.62. The molecule has 1 heterocycles. The molecule has 0 spiro atoms. The van der Waals surface area contributed by atoms with Gasteiger partial charge in [-0.25, -0.2) is 8.78 Å². The number of hydrogen-bond donors (Lipinski definition) is 2. The van der Waals surface area contributed by atoms with Gasteiger partial charge in [-0.3, -0.25) is 9.89 Å². The number of nitrogens with zero attached hydrogens (tertiary/aromatic N) is 3. The number of rotatable bonds is 10. The molecule has 0 aromatic heterocycles. The maximum Gasteiger partial charge on any atom is 0.251 e. The van der Waals surface area contributed by atoms with E-state index in [1.54, 1.807) is 0 Å². The van der Waals surface area contributed by atoms with Gasteiger partial charge in [0.25, 0.3) is 6.43 Å². The van der Waals surface area contributed by atoms with Crippen LogP contribution in [0.3, 0.4) is 0 Å². The van der Waals surface area contributed by atoms with Crippen LogP contribution in [0.5, 0.6) is 0 Å². The first-order valence-corrected chi connectivity index (χ1v) is 9.36. The first-order chi connectivity index (χ1) is 11.6. The quantitative estimate of drug-likeness (QED) is 0.290. The van der Waals surface area contributed by atoms with E-state index in [0.29, 0.717) is 6.04 Å². The fourth-order valence-corrected chi connectivity index (χ4v) is 3.02. The molecule has 150 valence electrons. The zero-order valence-electron chi connectivity index (χ0n) is 15.9. The molecule has 25 heavy (non-hydrogen) atoms. The predicted molar refractivity (Wildman–Crippen MR) is 112 cm³/mol. The maximum absolute atomic E-state index is 12.4. The van der Waals surface area contributed by atoms with Crippen LogP contribution in [0.25, 0.3) is 0 Å². The van der Waals surface area contributed by atoms with Gasteiger partial charge in [-0.2, -0.15) is 0 Å². The van der Waals surface area contributed by atoms with Crippen molar-refractivity contribution in [2.45, 2.75) is 52.5 Å². The standard InChI is InChI=1S/C17H35F2N5.HI/c1-4-10-23(6-3)13-9-21-17(20-5-2)22-15-7-11-24(12-8-15)14-16(18)19;/h15-16H,4-14H2,1-3H3,(H2,20,21,22);1H. The Kier molecular flexibility index (Phi) is 14.8.